The zero-order chi connectivity index (χ0) is 14.8. The Morgan fingerprint density at radius 1 is 1.29 bits per heavy atom. The molecule has 2 aromatic carbocycles. The third kappa shape index (κ3) is 2.94. The van der Waals surface area contributed by atoms with Gasteiger partial charge < -0.3 is 10.3 Å². The van der Waals surface area contributed by atoms with Crippen molar-refractivity contribution in [2.24, 2.45) is 0 Å². The van der Waals surface area contributed by atoms with Crippen LogP contribution in [0.5, 0.6) is 0 Å². The predicted molar refractivity (Wildman–Crippen MR) is 84.1 cm³/mol. The van der Waals surface area contributed by atoms with Crippen LogP contribution in [0.3, 0.4) is 0 Å². The second-order valence-corrected chi connectivity index (χ2v) is 5.92. The second kappa shape index (κ2) is 5.87. The van der Waals surface area contributed by atoms with Crippen LogP contribution in [0.15, 0.2) is 46.5 Å². The largest absolute Gasteiger partial charge is 0.333 e. The molecule has 3 rings (SSSR count). The number of benzene rings is 2. The Morgan fingerprint density at radius 2 is 2.14 bits per heavy atom. The number of aryl methyl sites for hydroxylation is 1. The maximum Gasteiger partial charge on any atom is 0.171 e. The van der Waals surface area contributed by atoms with E-state index in [9.17, 15) is 4.39 Å². The first kappa shape index (κ1) is 14.1. The van der Waals surface area contributed by atoms with Crippen LogP contribution in [0, 0.1) is 12.7 Å². The van der Waals surface area contributed by atoms with Gasteiger partial charge in [0.05, 0.1) is 15.9 Å². The Hall–Kier alpha value is -1.85. The summed E-state index contributed by atoms with van der Waals surface area (Å²) in [5.74, 6) is -0.218. The summed E-state index contributed by atoms with van der Waals surface area (Å²) in [4.78, 5) is 8.37. The number of H-pyrrole nitrogens is 1. The lowest BCUT2D eigenvalue weighted by Crippen LogP contribution is -2.06. The Bertz CT molecular complexity index is 782. The zero-order valence-electron chi connectivity index (χ0n) is 11.9. The normalized spacial score (nSPS) is 11.2. The highest BCUT2D eigenvalue weighted by Crippen LogP contribution is 2.32. The molecule has 21 heavy (non-hydrogen) atoms. The van der Waals surface area contributed by atoms with Gasteiger partial charge in [0.1, 0.15) is 5.82 Å². The van der Waals surface area contributed by atoms with E-state index in [1.165, 1.54) is 23.4 Å². The molecule has 0 spiro atoms. The standard InChI is InChI=1S/C16H16FN3S/c1-10-6-7-13-14(8-10)20-16(19-13)21-15-11(9-18-2)4-3-5-12(15)17/h3-8,18H,9H2,1-2H3,(H,19,20). The number of fused-ring (bicyclic) bond motifs is 1. The maximum atomic E-state index is 14.1. The van der Waals surface area contributed by atoms with Gasteiger partial charge in [-0.2, -0.15) is 0 Å². The third-order valence-corrected chi connectivity index (χ3v) is 4.28. The van der Waals surface area contributed by atoms with Crippen LogP contribution in [-0.4, -0.2) is 17.0 Å². The molecule has 1 aromatic heterocycles. The molecule has 0 atom stereocenters. The SMILES string of the molecule is CNCc1cccc(F)c1Sc1nc2ccc(C)cc2[nH]1. The first-order chi connectivity index (χ1) is 10.2. The Labute approximate surface area is 127 Å². The predicted octanol–water partition coefficient (Wildman–Crippen LogP) is 3.88. The van der Waals surface area contributed by atoms with E-state index in [2.05, 4.69) is 15.3 Å². The van der Waals surface area contributed by atoms with Gasteiger partial charge in [-0.1, -0.05) is 18.2 Å². The molecule has 0 saturated carbocycles. The van der Waals surface area contributed by atoms with Gasteiger partial charge >= 0.3 is 0 Å². The number of hydrogen-bond acceptors (Lipinski definition) is 3. The average Bonchev–Trinajstić information content (AvgIpc) is 2.84. The molecule has 5 heteroatoms. The Morgan fingerprint density at radius 3 is 2.95 bits per heavy atom. The minimum atomic E-state index is -0.218. The quantitative estimate of drug-likeness (QED) is 0.768. The lowest BCUT2D eigenvalue weighted by atomic mass is 10.2. The van der Waals surface area contributed by atoms with Crippen molar-refractivity contribution in [1.82, 2.24) is 15.3 Å². The number of imidazole rings is 1. The molecule has 108 valence electrons. The molecule has 0 fully saturated rings. The summed E-state index contributed by atoms with van der Waals surface area (Å²) in [6.07, 6.45) is 0. The van der Waals surface area contributed by atoms with Crippen molar-refractivity contribution in [2.45, 2.75) is 23.5 Å². The molecule has 2 N–H and O–H groups in total. The minimum Gasteiger partial charge on any atom is -0.333 e. The van der Waals surface area contributed by atoms with E-state index in [1.807, 2.05) is 38.2 Å². The van der Waals surface area contributed by atoms with E-state index in [4.69, 9.17) is 0 Å². The van der Waals surface area contributed by atoms with Crippen molar-refractivity contribution >= 4 is 22.8 Å². The fourth-order valence-electron chi connectivity index (χ4n) is 2.24. The summed E-state index contributed by atoms with van der Waals surface area (Å²) < 4.78 is 14.1. The number of rotatable bonds is 4. The molecule has 3 nitrogen and oxygen atoms in total. The molecule has 0 unspecified atom stereocenters. The molecule has 0 bridgehead atoms. The third-order valence-electron chi connectivity index (χ3n) is 3.23. The summed E-state index contributed by atoms with van der Waals surface area (Å²) in [7, 11) is 1.85. The van der Waals surface area contributed by atoms with E-state index in [0.29, 0.717) is 16.6 Å². The zero-order valence-corrected chi connectivity index (χ0v) is 12.7. The fraction of sp³-hybridized carbons (Fsp3) is 0.188. The summed E-state index contributed by atoms with van der Waals surface area (Å²) >= 11 is 1.33. The highest BCUT2D eigenvalue weighted by atomic mass is 32.2. The van der Waals surface area contributed by atoms with Crippen molar-refractivity contribution in [2.75, 3.05) is 7.05 Å². The van der Waals surface area contributed by atoms with Crippen LogP contribution in [0.25, 0.3) is 11.0 Å². The second-order valence-electron chi connectivity index (χ2n) is 4.92. The number of aromatic nitrogens is 2. The Kier molecular flexibility index (Phi) is 3.94. The van der Waals surface area contributed by atoms with Crippen molar-refractivity contribution in [3.63, 3.8) is 0 Å². The van der Waals surface area contributed by atoms with Gasteiger partial charge in [0, 0.05) is 6.54 Å². The molecule has 0 amide bonds. The monoisotopic (exact) mass is 301 g/mol. The average molecular weight is 301 g/mol. The van der Waals surface area contributed by atoms with Gasteiger partial charge in [-0.25, -0.2) is 9.37 Å². The van der Waals surface area contributed by atoms with Crippen LogP contribution in [-0.2, 0) is 6.54 Å². The Balaban J connectivity index is 1.98. The van der Waals surface area contributed by atoms with Crippen molar-refractivity contribution in [3.05, 3.63) is 53.3 Å². The number of hydrogen-bond donors (Lipinski definition) is 2. The first-order valence-electron chi connectivity index (χ1n) is 6.73. The van der Waals surface area contributed by atoms with E-state index < -0.39 is 0 Å². The summed E-state index contributed by atoms with van der Waals surface area (Å²) in [6, 6.07) is 11.2. The molecular formula is C16H16FN3S. The van der Waals surface area contributed by atoms with Crippen molar-refractivity contribution in [3.8, 4) is 0 Å². The molecule has 1 heterocycles. The fourth-order valence-corrected chi connectivity index (χ4v) is 3.18. The van der Waals surface area contributed by atoms with Crippen LogP contribution < -0.4 is 5.32 Å². The van der Waals surface area contributed by atoms with Crippen LogP contribution in [0.2, 0.25) is 0 Å². The lowest BCUT2D eigenvalue weighted by Gasteiger charge is -2.08. The van der Waals surface area contributed by atoms with Crippen LogP contribution in [0.4, 0.5) is 4.39 Å². The molecule has 0 aliphatic carbocycles. The summed E-state index contributed by atoms with van der Waals surface area (Å²) in [5, 5.41) is 3.77. The number of nitrogens with zero attached hydrogens (tertiary/aromatic N) is 1. The van der Waals surface area contributed by atoms with E-state index in [-0.39, 0.29) is 5.82 Å². The van der Waals surface area contributed by atoms with E-state index in [0.717, 1.165) is 16.6 Å². The van der Waals surface area contributed by atoms with E-state index in [1.54, 1.807) is 6.07 Å². The molecule has 0 radical (unpaired) electrons. The molecule has 0 aliphatic rings. The van der Waals surface area contributed by atoms with Crippen molar-refractivity contribution in [1.29, 1.82) is 0 Å². The highest BCUT2D eigenvalue weighted by Gasteiger charge is 2.12. The number of halogens is 1. The van der Waals surface area contributed by atoms with Gasteiger partial charge in [-0.3, -0.25) is 0 Å². The van der Waals surface area contributed by atoms with Gasteiger partial charge in [-0.15, -0.1) is 0 Å². The minimum absolute atomic E-state index is 0.218. The van der Waals surface area contributed by atoms with Gasteiger partial charge in [0.2, 0.25) is 0 Å². The highest BCUT2D eigenvalue weighted by molar-refractivity contribution is 7.99. The molecule has 0 aliphatic heterocycles. The summed E-state index contributed by atoms with van der Waals surface area (Å²) in [5.41, 5.74) is 3.97. The maximum absolute atomic E-state index is 14.1. The summed E-state index contributed by atoms with van der Waals surface area (Å²) in [6.45, 7) is 2.66. The van der Waals surface area contributed by atoms with Gasteiger partial charge in [0.15, 0.2) is 5.16 Å². The van der Waals surface area contributed by atoms with Crippen LogP contribution in [0.1, 0.15) is 11.1 Å². The number of aromatic amines is 1. The molecule has 0 saturated heterocycles. The van der Waals surface area contributed by atoms with Crippen LogP contribution >= 0.6 is 11.8 Å². The van der Waals surface area contributed by atoms with E-state index >= 15 is 0 Å². The molecular weight excluding hydrogens is 285 g/mol. The topological polar surface area (TPSA) is 40.7 Å². The number of nitrogens with one attached hydrogen (secondary N) is 2. The first-order valence-corrected chi connectivity index (χ1v) is 7.55. The molecule has 3 aromatic rings. The van der Waals surface area contributed by atoms with Gasteiger partial charge in [0.25, 0.3) is 0 Å². The smallest absolute Gasteiger partial charge is 0.171 e. The van der Waals surface area contributed by atoms with Gasteiger partial charge in [-0.05, 0) is 55.1 Å². The van der Waals surface area contributed by atoms with Crippen molar-refractivity contribution < 1.29 is 4.39 Å². The lowest BCUT2D eigenvalue weighted by molar-refractivity contribution is 0.594.